The molecule has 0 heteroatoms. The molecule has 0 fully saturated rings. The number of rotatable bonds is 6. The standard InChI is InChI=1S/C15H24/c1-4-5-11-15(13(2)3)12-14-9-7-6-8-10-14/h6-10,13,15H,4-5,11-12H2,1-3H3. The van der Waals surface area contributed by atoms with Crippen molar-refractivity contribution in [2.24, 2.45) is 11.8 Å². The first kappa shape index (κ1) is 12.3. The lowest BCUT2D eigenvalue weighted by atomic mass is 9.85. The molecule has 0 aliphatic heterocycles. The van der Waals surface area contributed by atoms with Crippen LogP contribution in [0.3, 0.4) is 0 Å². The molecule has 0 heterocycles. The Morgan fingerprint density at radius 3 is 2.27 bits per heavy atom. The summed E-state index contributed by atoms with van der Waals surface area (Å²) in [5.74, 6) is 1.66. The summed E-state index contributed by atoms with van der Waals surface area (Å²) >= 11 is 0. The minimum Gasteiger partial charge on any atom is -0.0654 e. The zero-order valence-corrected chi connectivity index (χ0v) is 10.4. The van der Waals surface area contributed by atoms with Crippen LogP contribution < -0.4 is 0 Å². The van der Waals surface area contributed by atoms with Crippen LogP contribution in [0.2, 0.25) is 0 Å². The van der Waals surface area contributed by atoms with E-state index in [1.54, 1.807) is 0 Å². The van der Waals surface area contributed by atoms with Crippen molar-refractivity contribution in [2.45, 2.75) is 46.5 Å². The number of hydrogen-bond donors (Lipinski definition) is 0. The first-order chi connectivity index (χ1) is 7.24. The van der Waals surface area contributed by atoms with Crippen LogP contribution in [0.25, 0.3) is 0 Å². The van der Waals surface area contributed by atoms with Gasteiger partial charge in [-0.1, -0.05) is 63.9 Å². The summed E-state index contributed by atoms with van der Waals surface area (Å²) in [7, 11) is 0. The molecule has 1 atom stereocenters. The van der Waals surface area contributed by atoms with Crippen molar-refractivity contribution in [3.63, 3.8) is 0 Å². The zero-order chi connectivity index (χ0) is 11.1. The summed E-state index contributed by atoms with van der Waals surface area (Å²) in [6.07, 6.45) is 5.31. The lowest BCUT2D eigenvalue weighted by Crippen LogP contribution is -2.11. The Kier molecular flexibility index (Phi) is 5.45. The fourth-order valence-electron chi connectivity index (χ4n) is 2.05. The normalized spacial score (nSPS) is 13.1. The average Bonchev–Trinajstić information content (AvgIpc) is 2.25. The van der Waals surface area contributed by atoms with Gasteiger partial charge in [0.05, 0.1) is 0 Å². The number of hydrogen-bond acceptors (Lipinski definition) is 0. The SMILES string of the molecule is CCCCC(Cc1ccccc1)C(C)C. The third kappa shape index (κ3) is 4.51. The Morgan fingerprint density at radius 1 is 1.07 bits per heavy atom. The van der Waals surface area contributed by atoms with Gasteiger partial charge in [-0.15, -0.1) is 0 Å². The molecule has 0 saturated heterocycles. The molecule has 1 aromatic rings. The summed E-state index contributed by atoms with van der Waals surface area (Å²) in [5, 5.41) is 0. The lowest BCUT2D eigenvalue weighted by molar-refractivity contribution is 0.347. The van der Waals surface area contributed by atoms with Crippen LogP contribution in [0.15, 0.2) is 30.3 Å². The van der Waals surface area contributed by atoms with E-state index < -0.39 is 0 Å². The van der Waals surface area contributed by atoms with Gasteiger partial charge in [-0.2, -0.15) is 0 Å². The third-order valence-corrected chi connectivity index (χ3v) is 3.21. The first-order valence-electron chi connectivity index (χ1n) is 6.28. The van der Waals surface area contributed by atoms with Gasteiger partial charge in [0.2, 0.25) is 0 Å². The van der Waals surface area contributed by atoms with Gasteiger partial charge in [-0.05, 0) is 30.2 Å². The Morgan fingerprint density at radius 2 is 1.73 bits per heavy atom. The van der Waals surface area contributed by atoms with Crippen LogP contribution in [0.4, 0.5) is 0 Å². The molecule has 0 aromatic heterocycles. The van der Waals surface area contributed by atoms with Gasteiger partial charge in [0, 0.05) is 0 Å². The van der Waals surface area contributed by atoms with Gasteiger partial charge >= 0.3 is 0 Å². The highest BCUT2D eigenvalue weighted by atomic mass is 14.2. The average molecular weight is 204 g/mol. The van der Waals surface area contributed by atoms with Crippen LogP contribution in [0.5, 0.6) is 0 Å². The van der Waals surface area contributed by atoms with Crippen molar-refractivity contribution < 1.29 is 0 Å². The van der Waals surface area contributed by atoms with Gasteiger partial charge in [0.1, 0.15) is 0 Å². The van der Waals surface area contributed by atoms with E-state index >= 15 is 0 Å². The Labute approximate surface area is 94.7 Å². The van der Waals surface area contributed by atoms with Crippen LogP contribution in [-0.2, 0) is 6.42 Å². The predicted molar refractivity (Wildman–Crippen MR) is 68.0 cm³/mol. The maximum atomic E-state index is 2.35. The molecule has 0 saturated carbocycles. The second-order valence-electron chi connectivity index (χ2n) is 4.84. The molecule has 0 spiro atoms. The van der Waals surface area contributed by atoms with Crippen molar-refractivity contribution in [3.05, 3.63) is 35.9 Å². The molecule has 1 rings (SSSR count). The molecular formula is C15H24. The van der Waals surface area contributed by atoms with E-state index in [0.717, 1.165) is 11.8 Å². The quantitative estimate of drug-likeness (QED) is 0.630. The summed E-state index contributed by atoms with van der Waals surface area (Å²) in [5.41, 5.74) is 1.49. The van der Waals surface area contributed by atoms with E-state index in [1.807, 2.05) is 0 Å². The molecule has 1 unspecified atom stereocenters. The van der Waals surface area contributed by atoms with Gasteiger partial charge < -0.3 is 0 Å². The molecular weight excluding hydrogens is 180 g/mol. The summed E-state index contributed by atoms with van der Waals surface area (Å²) in [4.78, 5) is 0. The summed E-state index contributed by atoms with van der Waals surface area (Å²) in [6, 6.07) is 10.9. The van der Waals surface area contributed by atoms with E-state index in [1.165, 1.54) is 31.2 Å². The molecule has 0 bridgehead atoms. The molecule has 84 valence electrons. The zero-order valence-electron chi connectivity index (χ0n) is 10.4. The van der Waals surface area contributed by atoms with Crippen LogP contribution >= 0.6 is 0 Å². The molecule has 1 aromatic carbocycles. The minimum absolute atomic E-state index is 0.803. The predicted octanol–water partition coefficient (Wildman–Crippen LogP) is 4.69. The van der Waals surface area contributed by atoms with Crippen molar-refractivity contribution in [1.29, 1.82) is 0 Å². The molecule has 0 aliphatic carbocycles. The van der Waals surface area contributed by atoms with Crippen molar-refractivity contribution in [1.82, 2.24) is 0 Å². The molecule has 0 nitrogen and oxygen atoms in total. The molecule has 0 N–H and O–H groups in total. The fraction of sp³-hybridized carbons (Fsp3) is 0.600. The smallest absolute Gasteiger partial charge is 0.0248 e. The highest BCUT2D eigenvalue weighted by molar-refractivity contribution is 5.15. The molecule has 0 aliphatic rings. The van der Waals surface area contributed by atoms with Crippen LogP contribution in [0, 0.1) is 11.8 Å². The highest BCUT2D eigenvalue weighted by Gasteiger charge is 2.12. The van der Waals surface area contributed by atoms with Gasteiger partial charge in [0.25, 0.3) is 0 Å². The Hall–Kier alpha value is -0.780. The monoisotopic (exact) mass is 204 g/mol. The van der Waals surface area contributed by atoms with Crippen molar-refractivity contribution >= 4 is 0 Å². The second-order valence-corrected chi connectivity index (χ2v) is 4.84. The van der Waals surface area contributed by atoms with Crippen LogP contribution in [-0.4, -0.2) is 0 Å². The largest absolute Gasteiger partial charge is 0.0654 e. The fourth-order valence-corrected chi connectivity index (χ4v) is 2.05. The van der Waals surface area contributed by atoms with E-state index in [9.17, 15) is 0 Å². The van der Waals surface area contributed by atoms with Gasteiger partial charge in [-0.3, -0.25) is 0 Å². The molecule has 15 heavy (non-hydrogen) atoms. The molecule has 0 radical (unpaired) electrons. The second kappa shape index (κ2) is 6.66. The number of unbranched alkanes of at least 4 members (excludes halogenated alkanes) is 1. The minimum atomic E-state index is 0.803. The van der Waals surface area contributed by atoms with E-state index in [-0.39, 0.29) is 0 Å². The topological polar surface area (TPSA) is 0 Å². The number of benzene rings is 1. The maximum Gasteiger partial charge on any atom is -0.0248 e. The first-order valence-corrected chi connectivity index (χ1v) is 6.28. The van der Waals surface area contributed by atoms with Gasteiger partial charge in [0.15, 0.2) is 0 Å². The molecule has 0 amide bonds. The summed E-state index contributed by atoms with van der Waals surface area (Å²) < 4.78 is 0. The lowest BCUT2D eigenvalue weighted by Gasteiger charge is -2.20. The van der Waals surface area contributed by atoms with E-state index in [0.29, 0.717) is 0 Å². The Balaban J connectivity index is 2.51. The van der Waals surface area contributed by atoms with Crippen molar-refractivity contribution in [2.75, 3.05) is 0 Å². The van der Waals surface area contributed by atoms with Crippen LogP contribution in [0.1, 0.15) is 45.6 Å². The van der Waals surface area contributed by atoms with E-state index in [4.69, 9.17) is 0 Å². The Bertz CT molecular complexity index is 248. The maximum absolute atomic E-state index is 2.35. The van der Waals surface area contributed by atoms with E-state index in [2.05, 4.69) is 51.1 Å². The highest BCUT2D eigenvalue weighted by Crippen LogP contribution is 2.22. The van der Waals surface area contributed by atoms with Crippen molar-refractivity contribution in [3.8, 4) is 0 Å². The summed E-state index contributed by atoms with van der Waals surface area (Å²) in [6.45, 7) is 6.98. The third-order valence-electron chi connectivity index (χ3n) is 3.21. The van der Waals surface area contributed by atoms with Gasteiger partial charge in [-0.25, -0.2) is 0 Å².